The zero-order valence-electron chi connectivity index (χ0n) is 14.1. The van der Waals surface area contributed by atoms with E-state index in [2.05, 4.69) is 20.8 Å². The van der Waals surface area contributed by atoms with Crippen LogP contribution < -0.4 is 5.32 Å². The van der Waals surface area contributed by atoms with Gasteiger partial charge in [-0.25, -0.2) is 0 Å². The molecule has 1 heterocycles. The van der Waals surface area contributed by atoms with Crippen LogP contribution in [-0.4, -0.2) is 37.4 Å². The summed E-state index contributed by atoms with van der Waals surface area (Å²) in [7, 11) is 0. The molecule has 1 aromatic carbocycles. The summed E-state index contributed by atoms with van der Waals surface area (Å²) in [4.78, 5) is 12.4. The van der Waals surface area contributed by atoms with Crippen molar-refractivity contribution < 1.29 is 4.79 Å². The van der Waals surface area contributed by atoms with E-state index in [4.69, 9.17) is 0 Å². The molecule has 0 spiro atoms. The molecule has 1 atom stereocenters. The molecule has 1 aromatic heterocycles. The van der Waals surface area contributed by atoms with Gasteiger partial charge in [0.2, 0.25) is 11.1 Å². The lowest BCUT2D eigenvalue weighted by atomic mass is 9.95. The molecule has 24 heavy (non-hydrogen) atoms. The van der Waals surface area contributed by atoms with Crippen LogP contribution in [0.2, 0.25) is 0 Å². The molecule has 3 rings (SSSR count). The lowest BCUT2D eigenvalue weighted by Crippen LogP contribution is -2.40. The van der Waals surface area contributed by atoms with E-state index in [1.165, 1.54) is 31.0 Å². The Labute approximate surface area is 146 Å². The number of para-hydroxylation sites is 1. The lowest BCUT2D eigenvalue weighted by molar-refractivity contribution is -0.121. The Morgan fingerprint density at radius 2 is 2.04 bits per heavy atom. The first-order chi connectivity index (χ1) is 11.6. The van der Waals surface area contributed by atoms with Gasteiger partial charge in [-0.2, -0.15) is 4.68 Å². The molecular weight excluding hydrogens is 322 g/mol. The number of aryl methyl sites for hydroxylation is 1. The largest absolute Gasteiger partial charge is 0.352 e. The van der Waals surface area contributed by atoms with Gasteiger partial charge in [0.25, 0.3) is 0 Å². The van der Waals surface area contributed by atoms with Crippen LogP contribution in [0.4, 0.5) is 0 Å². The first kappa shape index (κ1) is 17.0. The fraction of sp³-hybridized carbons (Fsp3) is 0.529. The van der Waals surface area contributed by atoms with Crippen molar-refractivity contribution in [3.05, 3.63) is 29.8 Å². The van der Waals surface area contributed by atoms with Crippen molar-refractivity contribution in [1.29, 1.82) is 0 Å². The van der Waals surface area contributed by atoms with Crippen LogP contribution in [0, 0.1) is 6.92 Å². The van der Waals surface area contributed by atoms with Crippen molar-refractivity contribution in [2.24, 2.45) is 0 Å². The monoisotopic (exact) mass is 345 g/mol. The number of thioether (sulfide) groups is 1. The molecule has 1 fully saturated rings. The van der Waals surface area contributed by atoms with Gasteiger partial charge in [0.1, 0.15) is 0 Å². The minimum atomic E-state index is -0.235. The number of aromatic nitrogens is 4. The maximum Gasteiger partial charge on any atom is 0.233 e. The van der Waals surface area contributed by atoms with E-state index in [0.717, 1.165) is 24.1 Å². The molecule has 0 aliphatic heterocycles. The Bertz CT molecular complexity index is 696. The van der Waals surface area contributed by atoms with E-state index in [1.54, 1.807) is 4.68 Å². The molecule has 0 bridgehead atoms. The number of hydrogen-bond donors (Lipinski definition) is 1. The van der Waals surface area contributed by atoms with Gasteiger partial charge in [0.15, 0.2) is 0 Å². The summed E-state index contributed by atoms with van der Waals surface area (Å²) in [5, 5.41) is 15.5. The van der Waals surface area contributed by atoms with Crippen LogP contribution in [-0.2, 0) is 4.79 Å². The number of benzene rings is 1. The fourth-order valence-corrected chi connectivity index (χ4v) is 3.79. The predicted molar refractivity (Wildman–Crippen MR) is 94.2 cm³/mol. The van der Waals surface area contributed by atoms with Crippen molar-refractivity contribution in [3.63, 3.8) is 0 Å². The summed E-state index contributed by atoms with van der Waals surface area (Å²) in [5.74, 6) is 0.0613. The van der Waals surface area contributed by atoms with Gasteiger partial charge in [-0.05, 0) is 48.7 Å². The van der Waals surface area contributed by atoms with Crippen LogP contribution >= 0.6 is 11.8 Å². The molecule has 1 unspecified atom stereocenters. The normalized spacial score (nSPS) is 16.8. The summed E-state index contributed by atoms with van der Waals surface area (Å²) < 4.78 is 1.70. The molecule has 0 radical (unpaired) electrons. The van der Waals surface area contributed by atoms with Gasteiger partial charge in [-0.15, -0.1) is 5.10 Å². The van der Waals surface area contributed by atoms with E-state index in [9.17, 15) is 4.79 Å². The zero-order chi connectivity index (χ0) is 16.9. The van der Waals surface area contributed by atoms with Crippen LogP contribution in [0.25, 0.3) is 5.69 Å². The number of hydrogen-bond acceptors (Lipinski definition) is 5. The van der Waals surface area contributed by atoms with E-state index in [-0.39, 0.29) is 11.2 Å². The van der Waals surface area contributed by atoms with Gasteiger partial charge >= 0.3 is 0 Å². The Morgan fingerprint density at radius 3 is 2.79 bits per heavy atom. The predicted octanol–water partition coefficient (Wildman–Crippen LogP) is 2.90. The SMILES string of the molecule is Cc1ccccc1-n1nnnc1SC(C)C(=O)NC1CCCCC1. The molecule has 2 aromatic rings. The van der Waals surface area contributed by atoms with Crippen LogP contribution in [0.1, 0.15) is 44.6 Å². The minimum Gasteiger partial charge on any atom is -0.352 e. The molecule has 1 amide bonds. The first-order valence-corrected chi connectivity index (χ1v) is 9.34. The summed E-state index contributed by atoms with van der Waals surface area (Å²) >= 11 is 1.39. The van der Waals surface area contributed by atoms with Crippen LogP contribution in [0.5, 0.6) is 0 Å². The Hall–Kier alpha value is -1.89. The van der Waals surface area contributed by atoms with Crippen molar-refractivity contribution >= 4 is 17.7 Å². The number of rotatable bonds is 5. The number of carbonyl (C=O) groups excluding carboxylic acids is 1. The molecule has 0 saturated heterocycles. The summed E-state index contributed by atoms with van der Waals surface area (Å²) in [6, 6.07) is 8.25. The Balaban J connectivity index is 1.67. The zero-order valence-corrected chi connectivity index (χ0v) is 14.9. The Morgan fingerprint density at radius 1 is 1.29 bits per heavy atom. The highest BCUT2D eigenvalue weighted by Crippen LogP contribution is 2.25. The number of carbonyl (C=O) groups is 1. The van der Waals surface area contributed by atoms with E-state index in [1.807, 2.05) is 38.1 Å². The second kappa shape index (κ2) is 7.79. The van der Waals surface area contributed by atoms with Gasteiger partial charge in [-0.3, -0.25) is 4.79 Å². The average molecular weight is 345 g/mol. The van der Waals surface area contributed by atoms with Gasteiger partial charge in [0.05, 0.1) is 10.9 Å². The topological polar surface area (TPSA) is 72.7 Å². The first-order valence-electron chi connectivity index (χ1n) is 8.46. The van der Waals surface area contributed by atoms with Gasteiger partial charge in [-0.1, -0.05) is 49.2 Å². The fourth-order valence-electron chi connectivity index (χ4n) is 2.98. The van der Waals surface area contributed by atoms with Crippen molar-refractivity contribution in [1.82, 2.24) is 25.5 Å². The summed E-state index contributed by atoms with van der Waals surface area (Å²) in [6.45, 7) is 3.92. The maximum absolute atomic E-state index is 12.4. The highest BCUT2D eigenvalue weighted by atomic mass is 32.2. The smallest absolute Gasteiger partial charge is 0.233 e. The number of amides is 1. The molecular formula is C17H23N5OS. The molecule has 1 aliphatic rings. The third-order valence-electron chi connectivity index (χ3n) is 4.39. The molecule has 1 N–H and O–H groups in total. The summed E-state index contributed by atoms with van der Waals surface area (Å²) in [6.07, 6.45) is 5.87. The highest BCUT2D eigenvalue weighted by Gasteiger charge is 2.23. The van der Waals surface area contributed by atoms with Crippen LogP contribution in [0.15, 0.2) is 29.4 Å². The number of nitrogens with one attached hydrogen (secondary N) is 1. The molecule has 128 valence electrons. The van der Waals surface area contributed by atoms with Crippen molar-refractivity contribution in [2.45, 2.75) is 62.4 Å². The van der Waals surface area contributed by atoms with Crippen molar-refractivity contribution in [3.8, 4) is 5.69 Å². The van der Waals surface area contributed by atoms with E-state index >= 15 is 0 Å². The van der Waals surface area contributed by atoms with Gasteiger partial charge in [0, 0.05) is 6.04 Å². The third kappa shape index (κ3) is 3.95. The average Bonchev–Trinajstić information content (AvgIpc) is 3.04. The second-order valence-electron chi connectivity index (χ2n) is 6.26. The van der Waals surface area contributed by atoms with E-state index < -0.39 is 0 Å². The van der Waals surface area contributed by atoms with E-state index in [0.29, 0.717) is 11.2 Å². The molecule has 6 nitrogen and oxygen atoms in total. The summed E-state index contributed by atoms with van der Waals surface area (Å²) in [5.41, 5.74) is 2.02. The number of nitrogens with zero attached hydrogens (tertiary/aromatic N) is 4. The van der Waals surface area contributed by atoms with Crippen LogP contribution in [0.3, 0.4) is 0 Å². The third-order valence-corrected chi connectivity index (χ3v) is 5.42. The quantitative estimate of drug-likeness (QED) is 0.844. The molecule has 7 heteroatoms. The number of tetrazole rings is 1. The maximum atomic E-state index is 12.4. The second-order valence-corrected chi connectivity index (χ2v) is 7.57. The Kier molecular flexibility index (Phi) is 5.50. The highest BCUT2D eigenvalue weighted by molar-refractivity contribution is 8.00. The lowest BCUT2D eigenvalue weighted by Gasteiger charge is -2.24. The van der Waals surface area contributed by atoms with Crippen molar-refractivity contribution in [2.75, 3.05) is 0 Å². The standard InChI is InChI=1S/C17H23N5OS/c1-12-8-6-7-11-15(12)22-17(19-20-21-22)24-13(2)16(23)18-14-9-4-3-5-10-14/h6-8,11,13-14H,3-5,9-10H2,1-2H3,(H,18,23). The molecule has 1 saturated carbocycles. The van der Waals surface area contributed by atoms with Gasteiger partial charge < -0.3 is 5.32 Å². The molecule has 1 aliphatic carbocycles. The minimum absolute atomic E-state index is 0.0613.